The highest BCUT2D eigenvalue weighted by atomic mass is 79.9. The first-order chi connectivity index (χ1) is 24.1. The van der Waals surface area contributed by atoms with E-state index in [2.05, 4.69) is 21.4 Å². The number of hydrogen-bond acceptors (Lipinski definition) is 7. The number of phenolic OH excluding ortho intramolecular Hbond substituents is 1. The number of aromatic hydroxyl groups is 1. The Kier molecular flexibility index (Phi) is 7.67. The highest BCUT2D eigenvalue weighted by Crippen LogP contribution is 2.64. The zero-order valence-corrected chi connectivity index (χ0v) is 29.0. The molecule has 0 spiro atoms. The summed E-state index contributed by atoms with van der Waals surface area (Å²) in [5, 5.41) is 12.2. The Balaban J connectivity index is 1.32. The van der Waals surface area contributed by atoms with Crippen molar-refractivity contribution in [1.29, 1.82) is 0 Å². The van der Waals surface area contributed by atoms with Gasteiger partial charge in [-0.1, -0.05) is 81.7 Å². The number of amides is 4. The van der Waals surface area contributed by atoms with Gasteiger partial charge in [0.15, 0.2) is 11.5 Å². The van der Waals surface area contributed by atoms with Gasteiger partial charge in [-0.3, -0.25) is 29.5 Å². The number of imide groups is 2. The first-order valence-corrected chi connectivity index (χ1v) is 17.4. The largest absolute Gasteiger partial charge is 0.504 e. The van der Waals surface area contributed by atoms with E-state index < -0.39 is 46.8 Å². The van der Waals surface area contributed by atoms with Gasteiger partial charge < -0.3 is 9.84 Å². The standard InChI is InChI=1S/C40H34BrN3O6/c1-22-8-13-26(14-9-22)42-44-37(47)31-21-30-28(17-18-29-34(30)38(48)43(36(29)46)27-15-11-25(41)12-16-27)35(23-10-19-33(50-2)32(45)20-23)40(31,39(44)49)24-6-4-3-5-7-24/h3-17,19-20,29-31,34-35,42,45H,18,21H2,1-2H3/t29-,30+,31-,34-,35-,40+/m0/s1. The van der Waals surface area contributed by atoms with E-state index >= 15 is 4.79 Å². The summed E-state index contributed by atoms with van der Waals surface area (Å²) < 4.78 is 6.19. The zero-order chi connectivity index (χ0) is 34.9. The van der Waals surface area contributed by atoms with Crippen molar-refractivity contribution in [3.8, 4) is 11.5 Å². The summed E-state index contributed by atoms with van der Waals surface area (Å²) in [5.74, 6) is -4.76. The van der Waals surface area contributed by atoms with E-state index in [0.717, 1.165) is 20.6 Å². The van der Waals surface area contributed by atoms with Crippen LogP contribution in [0.4, 0.5) is 11.4 Å². The number of hydrogen-bond donors (Lipinski definition) is 2. The quantitative estimate of drug-likeness (QED) is 0.168. The summed E-state index contributed by atoms with van der Waals surface area (Å²) in [6.07, 6.45) is 2.49. The van der Waals surface area contributed by atoms with Gasteiger partial charge in [0, 0.05) is 10.4 Å². The van der Waals surface area contributed by atoms with Crippen LogP contribution in [0.25, 0.3) is 0 Å². The maximum Gasteiger partial charge on any atom is 0.260 e. The summed E-state index contributed by atoms with van der Waals surface area (Å²) in [7, 11) is 1.46. The Morgan fingerprint density at radius 3 is 2.26 bits per heavy atom. The van der Waals surface area contributed by atoms with Gasteiger partial charge in [0.25, 0.3) is 11.8 Å². The number of allylic oxidation sites excluding steroid dienone is 2. The van der Waals surface area contributed by atoms with Gasteiger partial charge >= 0.3 is 0 Å². The number of benzene rings is 4. The molecule has 6 atom stereocenters. The first kappa shape index (κ1) is 32.0. The molecule has 1 saturated carbocycles. The zero-order valence-electron chi connectivity index (χ0n) is 27.4. The second-order valence-electron chi connectivity index (χ2n) is 13.5. The molecule has 2 aliphatic carbocycles. The van der Waals surface area contributed by atoms with Crippen molar-refractivity contribution in [1.82, 2.24) is 5.01 Å². The van der Waals surface area contributed by atoms with Crippen LogP contribution in [0.5, 0.6) is 11.5 Å². The summed E-state index contributed by atoms with van der Waals surface area (Å²) in [6.45, 7) is 1.96. The Morgan fingerprint density at radius 1 is 0.860 bits per heavy atom. The van der Waals surface area contributed by atoms with E-state index in [4.69, 9.17) is 4.74 Å². The van der Waals surface area contributed by atoms with Gasteiger partial charge in [-0.25, -0.2) is 0 Å². The molecule has 8 rings (SSSR count). The number of carbonyl (C=O) groups excluding carboxylic acids is 4. The Labute approximate surface area is 297 Å². The van der Waals surface area contributed by atoms with Crippen molar-refractivity contribution in [3.05, 3.63) is 130 Å². The average molecular weight is 733 g/mol. The number of aryl methyl sites for hydroxylation is 1. The number of fused-ring (bicyclic) bond motifs is 4. The minimum atomic E-state index is -1.43. The van der Waals surface area contributed by atoms with Gasteiger partial charge in [0.05, 0.1) is 41.7 Å². The van der Waals surface area contributed by atoms with Crippen LogP contribution < -0.4 is 15.1 Å². The molecule has 3 fully saturated rings. The molecular formula is C40H34BrN3O6. The predicted octanol–water partition coefficient (Wildman–Crippen LogP) is 6.66. The number of rotatable bonds is 6. The van der Waals surface area contributed by atoms with Crippen molar-refractivity contribution in [2.24, 2.45) is 23.7 Å². The molecule has 10 heteroatoms. The molecule has 0 radical (unpaired) electrons. The Bertz CT molecular complexity index is 2080. The smallest absolute Gasteiger partial charge is 0.260 e. The molecule has 4 aromatic carbocycles. The number of halogens is 1. The van der Waals surface area contributed by atoms with Gasteiger partial charge in [0.1, 0.15) is 0 Å². The van der Waals surface area contributed by atoms with Crippen LogP contribution in [0, 0.1) is 30.6 Å². The van der Waals surface area contributed by atoms with E-state index in [1.54, 1.807) is 36.4 Å². The van der Waals surface area contributed by atoms with Gasteiger partial charge in [0.2, 0.25) is 11.8 Å². The number of hydrazine groups is 1. The van der Waals surface area contributed by atoms with Crippen LogP contribution >= 0.6 is 15.9 Å². The van der Waals surface area contributed by atoms with Crippen molar-refractivity contribution >= 4 is 50.9 Å². The lowest BCUT2D eigenvalue weighted by Crippen LogP contribution is -2.53. The van der Waals surface area contributed by atoms with E-state index in [0.29, 0.717) is 28.9 Å². The number of anilines is 2. The molecule has 2 heterocycles. The van der Waals surface area contributed by atoms with E-state index in [9.17, 15) is 19.5 Å². The van der Waals surface area contributed by atoms with E-state index in [-0.39, 0.29) is 29.7 Å². The molecule has 4 amide bonds. The summed E-state index contributed by atoms with van der Waals surface area (Å²) in [4.78, 5) is 59.6. The lowest BCUT2D eigenvalue weighted by molar-refractivity contribution is -0.138. The minimum Gasteiger partial charge on any atom is -0.504 e. The molecule has 252 valence electrons. The fourth-order valence-corrected chi connectivity index (χ4v) is 9.12. The first-order valence-electron chi connectivity index (χ1n) is 16.6. The third-order valence-electron chi connectivity index (χ3n) is 11.0. The van der Waals surface area contributed by atoms with Crippen LogP contribution in [0.3, 0.4) is 0 Å². The summed E-state index contributed by atoms with van der Waals surface area (Å²) in [6, 6.07) is 28.9. The second-order valence-corrected chi connectivity index (χ2v) is 14.4. The molecule has 0 bridgehead atoms. The molecule has 0 aromatic heterocycles. The fourth-order valence-electron chi connectivity index (χ4n) is 8.85. The van der Waals surface area contributed by atoms with E-state index in [1.165, 1.54) is 12.0 Å². The minimum absolute atomic E-state index is 0.110. The molecule has 2 N–H and O–H groups in total. The molecule has 9 nitrogen and oxygen atoms in total. The number of phenols is 1. The van der Waals surface area contributed by atoms with Crippen molar-refractivity contribution in [2.45, 2.75) is 31.1 Å². The molecular weight excluding hydrogens is 698 g/mol. The Morgan fingerprint density at radius 2 is 1.58 bits per heavy atom. The molecule has 4 aromatic rings. The average Bonchev–Trinajstić information content (AvgIpc) is 3.50. The molecule has 0 unspecified atom stereocenters. The number of carbonyl (C=O) groups is 4. The number of methoxy groups -OCH3 is 1. The third kappa shape index (κ3) is 4.65. The molecule has 2 aliphatic heterocycles. The van der Waals surface area contributed by atoms with Crippen LogP contribution in [-0.2, 0) is 24.6 Å². The second kappa shape index (κ2) is 12.0. The van der Waals surface area contributed by atoms with Crippen LogP contribution in [0.15, 0.2) is 113 Å². The topological polar surface area (TPSA) is 116 Å². The van der Waals surface area contributed by atoms with Crippen molar-refractivity contribution < 1.29 is 29.0 Å². The van der Waals surface area contributed by atoms with Crippen LogP contribution in [0.2, 0.25) is 0 Å². The lowest BCUT2D eigenvalue weighted by Gasteiger charge is -2.50. The number of ether oxygens (including phenoxy) is 1. The van der Waals surface area contributed by atoms with Gasteiger partial charge in [-0.15, -0.1) is 0 Å². The highest BCUT2D eigenvalue weighted by molar-refractivity contribution is 9.10. The van der Waals surface area contributed by atoms with Gasteiger partial charge in [-0.2, -0.15) is 5.01 Å². The maximum atomic E-state index is 15.2. The third-order valence-corrected chi connectivity index (χ3v) is 11.5. The fraction of sp³-hybridized carbons (Fsp3) is 0.250. The highest BCUT2D eigenvalue weighted by Gasteiger charge is 2.70. The Hall–Kier alpha value is -5.22. The van der Waals surface area contributed by atoms with Gasteiger partial charge in [-0.05, 0) is 85.3 Å². The van der Waals surface area contributed by atoms with Crippen LogP contribution in [0.1, 0.15) is 35.4 Å². The normalized spacial score (nSPS) is 27.1. The van der Waals surface area contributed by atoms with Crippen molar-refractivity contribution in [2.75, 3.05) is 17.4 Å². The van der Waals surface area contributed by atoms with Crippen LogP contribution in [-0.4, -0.2) is 40.9 Å². The number of nitrogens with one attached hydrogen (secondary N) is 1. The SMILES string of the molecule is COc1ccc([C@H]2C3=CC[C@@H]4C(=O)N(c5ccc(Br)cc5)C(=O)[C@@H]4[C@@H]3C[C@H]3C(=O)N(Nc4ccc(C)cc4)C(=O)[C@@]23c2ccccc2)cc1O. The predicted molar refractivity (Wildman–Crippen MR) is 190 cm³/mol. The molecule has 4 aliphatic rings. The monoisotopic (exact) mass is 731 g/mol. The van der Waals surface area contributed by atoms with E-state index in [1.807, 2.05) is 73.7 Å². The molecule has 50 heavy (non-hydrogen) atoms. The van der Waals surface area contributed by atoms with Crippen molar-refractivity contribution in [3.63, 3.8) is 0 Å². The lowest BCUT2D eigenvalue weighted by atomic mass is 9.49. The summed E-state index contributed by atoms with van der Waals surface area (Å²) in [5.41, 5.74) is 5.86. The number of nitrogens with zero attached hydrogens (tertiary/aromatic N) is 2. The summed E-state index contributed by atoms with van der Waals surface area (Å²) >= 11 is 3.43. The molecule has 2 saturated heterocycles. The maximum absolute atomic E-state index is 15.2.